The molecule has 5 nitrogen and oxygen atoms in total. The third-order valence-corrected chi connectivity index (χ3v) is 4.38. The third kappa shape index (κ3) is 5.81. The standard InChI is InChI=1S/C22H27FN2O3/c1-15(2)24-22(27)16(3)25(14-17-8-7-10-19(12-17)28-4)21(26)13-18-9-5-6-11-20(18)23/h5-12,15-16H,13-14H2,1-4H3,(H,24,27)/t16-/m1/s1. The number of hydrogen-bond acceptors (Lipinski definition) is 3. The van der Waals surface area contributed by atoms with Gasteiger partial charge in [0.25, 0.3) is 0 Å². The highest BCUT2D eigenvalue weighted by Crippen LogP contribution is 2.18. The normalized spacial score (nSPS) is 11.8. The summed E-state index contributed by atoms with van der Waals surface area (Å²) in [5.41, 5.74) is 1.13. The quantitative estimate of drug-likeness (QED) is 0.757. The maximum Gasteiger partial charge on any atom is 0.242 e. The number of carbonyl (C=O) groups excluding carboxylic acids is 2. The molecule has 2 aromatic rings. The number of ether oxygens (including phenoxy) is 1. The van der Waals surface area contributed by atoms with Crippen LogP contribution in [0.1, 0.15) is 31.9 Å². The van der Waals surface area contributed by atoms with Crippen LogP contribution in [0, 0.1) is 5.82 Å². The average Bonchev–Trinajstić information content (AvgIpc) is 2.67. The summed E-state index contributed by atoms with van der Waals surface area (Å²) in [6.07, 6.45) is -0.115. The van der Waals surface area contributed by atoms with Crippen LogP contribution in [0.4, 0.5) is 4.39 Å². The largest absolute Gasteiger partial charge is 0.497 e. The van der Waals surface area contributed by atoms with Gasteiger partial charge in [0.2, 0.25) is 11.8 Å². The van der Waals surface area contributed by atoms with E-state index in [0.717, 1.165) is 5.56 Å². The second kappa shape index (κ2) is 9.88. The van der Waals surface area contributed by atoms with E-state index in [0.29, 0.717) is 11.3 Å². The second-order valence-corrected chi connectivity index (χ2v) is 6.98. The highest BCUT2D eigenvalue weighted by Gasteiger charge is 2.27. The number of nitrogens with zero attached hydrogens (tertiary/aromatic N) is 1. The summed E-state index contributed by atoms with van der Waals surface area (Å²) in [6, 6.07) is 12.7. The van der Waals surface area contributed by atoms with Gasteiger partial charge in [0.1, 0.15) is 17.6 Å². The van der Waals surface area contributed by atoms with Crippen molar-refractivity contribution in [3.8, 4) is 5.75 Å². The summed E-state index contributed by atoms with van der Waals surface area (Å²) in [4.78, 5) is 27.0. The number of halogens is 1. The van der Waals surface area contributed by atoms with Crippen molar-refractivity contribution >= 4 is 11.8 Å². The lowest BCUT2D eigenvalue weighted by molar-refractivity contribution is -0.140. The van der Waals surface area contributed by atoms with Gasteiger partial charge in [-0.2, -0.15) is 0 Å². The topological polar surface area (TPSA) is 58.6 Å². The van der Waals surface area contributed by atoms with Gasteiger partial charge < -0.3 is 15.0 Å². The van der Waals surface area contributed by atoms with Crippen LogP contribution in [0.25, 0.3) is 0 Å². The van der Waals surface area contributed by atoms with Gasteiger partial charge in [-0.1, -0.05) is 30.3 Å². The van der Waals surface area contributed by atoms with E-state index >= 15 is 0 Å². The molecule has 0 heterocycles. The predicted octanol–water partition coefficient (Wildman–Crippen LogP) is 3.32. The zero-order valence-corrected chi connectivity index (χ0v) is 16.7. The van der Waals surface area contributed by atoms with Crippen LogP contribution in [0.3, 0.4) is 0 Å². The maximum atomic E-state index is 14.0. The molecule has 2 aromatic carbocycles. The summed E-state index contributed by atoms with van der Waals surface area (Å²) in [5.74, 6) is -0.339. The van der Waals surface area contributed by atoms with E-state index in [9.17, 15) is 14.0 Å². The first-order valence-electron chi connectivity index (χ1n) is 9.28. The molecule has 150 valence electrons. The van der Waals surface area contributed by atoms with Crippen LogP contribution in [0.15, 0.2) is 48.5 Å². The molecule has 0 aliphatic heterocycles. The van der Waals surface area contributed by atoms with Crippen molar-refractivity contribution in [3.05, 3.63) is 65.5 Å². The molecule has 28 heavy (non-hydrogen) atoms. The Hall–Kier alpha value is -2.89. The number of nitrogens with one attached hydrogen (secondary N) is 1. The number of benzene rings is 2. The van der Waals surface area contributed by atoms with Crippen molar-refractivity contribution in [2.24, 2.45) is 0 Å². The Balaban J connectivity index is 2.27. The van der Waals surface area contributed by atoms with Gasteiger partial charge in [-0.25, -0.2) is 4.39 Å². The first kappa shape index (κ1) is 21.4. The molecule has 0 radical (unpaired) electrons. The second-order valence-electron chi connectivity index (χ2n) is 6.98. The average molecular weight is 386 g/mol. The molecule has 6 heteroatoms. The van der Waals surface area contributed by atoms with Crippen LogP contribution in [-0.2, 0) is 22.6 Å². The van der Waals surface area contributed by atoms with E-state index < -0.39 is 11.9 Å². The molecular weight excluding hydrogens is 359 g/mol. The molecule has 2 rings (SSSR count). The lowest BCUT2D eigenvalue weighted by Crippen LogP contribution is -2.49. The maximum absolute atomic E-state index is 14.0. The minimum absolute atomic E-state index is 0.0460. The van der Waals surface area contributed by atoms with Gasteiger partial charge in [0, 0.05) is 12.6 Å². The molecule has 0 unspecified atom stereocenters. The third-order valence-electron chi connectivity index (χ3n) is 4.38. The lowest BCUT2D eigenvalue weighted by Gasteiger charge is -2.29. The van der Waals surface area contributed by atoms with Gasteiger partial charge >= 0.3 is 0 Å². The summed E-state index contributed by atoms with van der Waals surface area (Å²) >= 11 is 0. The van der Waals surface area contributed by atoms with E-state index in [4.69, 9.17) is 4.74 Å². The van der Waals surface area contributed by atoms with E-state index in [-0.39, 0.29) is 30.8 Å². The monoisotopic (exact) mass is 386 g/mol. The molecule has 0 aliphatic carbocycles. The van der Waals surface area contributed by atoms with Gasteiger partial charge in [0.05, 0.1) is 13.5 Å². The van der Waals surface area contributed by atoms with Crippen LogP contribution >= 0.6 is 0 Å². The molecule has 1 atom stereocenters. The van der Waals surface area contributed by atoms with E-state index in [1.54, 1.807) is 32.2 Å². The first-order chi connectivity index (χ1) is 13.3. The zero-order chi connectivity index (χ0) is 20.7. The minimum Gasteiger partial charge on any atom is -0.497 e. The van der Waals surface area contributed by atoms with Crippen LogP contribution in [-0.4, -0.2) is 35.9 Å². The summed E-state index contributed by atoms with van der Waals surface area (Å²) in [6.45, 7) is 5.62. The van der Waals surface area contributed by atoms with Crippen molar-refractivity contribution in [2.75, 3.05) is 7.11 Å². The Kier molecular flexibility index (Phi) is 7.55. The fourth-order valence-corrected chi connectivity index (χ4v) is 2.86. The summed E-state index contributed by atoms with van der Waals surface area (Å²) in [5, 5.41) is 2.83. The van der Waals surface area contributed by atoms with Gasteiger partial charge in [-0.15, -0.1) is 0 Å². The molecule has 0 spiro atoms. The van der Waals surface area contributed by atoms with Gasteiger partial charge in [0.15, 0.2) is 0 Å². The molecule has 1 N–H and O–H groups in total. The Morgan fingerprint density at radius 2 is 1.82 bits per heavy atom. The summed E-state index contributed by atoms with van der Waals surface area (Å²) in [7, 11) is 1.57. The van der Waals surface area contributed by atoms with Crippen LogP contribution < -0.4 is 10.1 Å². The Morgan fingerprint density at radius 3 is 2.46 bits per heavy atom. The summed E-state index contributed by atoms with van der Waals surface area (Å²) < 4.78 is 19.2. The smallest absolute Gasteiger partial charge is 0.242 e. The lowest BCUT2D eigenvalue weighted by atomic mass is 10.1. The number of hydrogen-bond donors (Lipinski definition) is 1. The Labute approximate surface area is 165 Å². The van der Waals surface area contributed by atoms with E-state index in [1.807, 2.05) is 38.1 Å². The van der Waals surface area contributed by atoms with Crippen LogP contribution in [0.5, 0.6) is 5.75 Å². The molecule has 0 aromatic heterocycles. The van der Waals surface area contributed by atoms with Gasteiger partial charge in [-0.05, 0) is 50.1 Å². The van der Waals surface area contributed by atoms with Crippen molar-refractivity contribution in [3.63, 3.8) is 0 Å². The minimum atomic E-state index is -0.701. The molecule has 0 bridgehead atoms. The van der Waals surface area contributed by atoms with Crippen LogP contribution in [0.2, 0.25) is 0 Å². The molecule has 2 amide bonds. The first-order valence-corrected chi connectivity index (χ1v) is 9.28. The Bertz CT molecular complexity index is 823. The van der Waals surface area contributed by atoms with E-state index in [2.05, 4.69) is 5.32 Å². The molecule has 0 aliphatic rings. The number of methoxy groups -OCH3 is 1. The number of rotatable bonds is 8. The SMILES string of the molecule is COc1cccc(CN(C(=O)Cc2ccccc2F)[C@H](C)C(=O)NC(C)C)c1. The Morgan fingerprint density at radius 1 is 1.11 bits per heavy atom. The zero-order valence-electron chi connectivity index (χ0n) is 16.7. The van der Waals surface area contributed by atoms with Crippen molar-refractivity contribution in [2.45, 2.75) is 45.8 Å². The molecular formula is C22H27FN2O3. The highest BCUT2D eigenvalue weighted by molar-refractivity contribution is 5.88. The number of amides is 2. The van der Waals surface area contributed by atoms with Gasteiger partial charge in [-0.3, -0.25) is 9.59 Å². The number of carbonyl (C=O) groups is 2. The fourth-order valence-electron chi connectivity index (χ4n) is 2.86. The van der Waals surface area contributed by atoms with Crippen molar-refractivity contribution in [1.29, 1.82) is 0 Å². The molecule has 0 saturated carbocycles. The predicted molar refractivity (Wildman–Crippen MR) is 106 cm³/mol. The highest BCUT2D eigenvalue weighted by atomic mass is 19.1. The molecule has 0 saturated heterocycles. The van der Waals surface area contributed by atoms with Crippen molar-refractivity contribution in [1.82, 2.24) is 10.2 Å². The van der Waals surface area contributed by atoms with E-state index in [1.165, 1.54) is 11.0 Å². The molecule has 0 fully saturated rings. The van der Waals surface area contributed by atoms with Crippen molar-refractivity contribution < 1.29 is 18.7 Å². The fraction of sp³-hybridized carbons (Fsp3) is 0.364.